The smallest absolute Gasteiger partial charge is 0.255 e. The molecule has 1 aromatic heterocycles. The summed E-state index contributed by atoms with van der Waals surface area (Å²) in [5, 5.41) is 11.2. The third-order valence-corrected chi connectivity index (χ3v) is 6.50. The number of para-hydroxylation sites is 1. The Hall–Kier alpha value is -4.79. The van der Waals surface area contributed by atoms with Crippen molar-refractivity contribution in [2.45, 2.75) is 13.0 Å². The molecule has 4 aromatic rings. The van der Waals surface area contributed by atoms with Gasteiger partial charge in [0.25, 0.3) is 5.91 Å². The van der Waals surface area contributed by atoms with E-state index >= 15 is 0 Å². The monoisotopic (exact) mass is 510 g/mol. The average Bonchev–Trinajstić information content (AvgIpc) is 3.36. The molecule has 0 aliphatic carbocycles. The van der Waals surface area contributed by atoms with Gasteiger partial charge in [0, 0.05) is 42.3 Å². The molecule has 5 rings (SSSR count). The Morgan fingerprint density at radius 1 is 1.00 bits per heavy atom. The molecule has 1 aliphatic heterocycles. The zero-order chi connectivity index (χ0) is 26.8. The summed E-state index contributed by atoms with van der Waals surface area (Å²) in [5.74, 6) is 2.06. The molecule has 1 amide bonds. The van der Waals surface area contributed by atoms with Crippen LogP contribution in [-0.2, 0) is 4.79 Å². The molecular weight excluding hydrogens is 480 g/mol. The number of allylic oxidation sites excluding steroid dienone is 1. The van der Waals surface area contributed by atoms with E-state index in [9.17, 15) is 4.79 Å². The van der Waals surface area contributed by atoms with Gasteiger partial charge >= 0.3 is 0 Å². The molecule has 194 valence electrons. The molecule has 2 N–H and O–H groups in total. The first-order valence-electron chi connectivity index (χ1n) is 12.2. The van der Waals surface area contributed by atoms with Crippen LogP contribution in [0.5, 0.6) is 11.5 Å². The van der Waals surface area contributed by atoms with Gasteiger partial charge in [0.15, 0.2) is 5.82 Å². The van der Waals surface area contributed by atoms with Crippen LogP contribution in [0.25, 0.3) is 11.4 Å². The first-order valence-corrected chi connectivity index (χ1v) is 12.2. The molecule has 38 heavy (non-hydrogen) atoms. The average molecular weight is 511 g/mol. The fourth-order valence-corrected chi connectivity index (χ4v) is 4.54. The molecule has 1 atom stereocenters. The quantitative estimate of drug-likeness (QED) is 0.363. The molecule has 1 unspecified atom stereocenters. The number of amides is 1. The molecule has 9 heteroatoms. The molecule has 0 saturated heterocycles. The number of anilines is 3. The van der Waals surface area contributed by atoms with Gasteiger partial charge in [0.05, 0.1) is 19.8 Å². The zero-order valence-electron chi connectivity index (χ0n) is 22.0. The maximum Gasteiger partial charge on any atom is 0.255 e. The lowest BCUT2D eigenvalue weighted by Gasteiger charge is -2.29. The predicted molar refractivity (Wildman–Crippen MR) is 149 cm³/mol. The number of rotatable bonds is 7. The molecule has 0 bridgehead atoms. The SMILES string of the molecule is COc1ccc(OC)c(C2C(C(=O)Nc3ccccc3)=C(C)Nc3nc(-c4ccc(N(C)C)cc4)nn32)c1. The first-order chi connectivity index (χ1) is 18.4. The van der Waals surface area contributed by atoms with Gasteiger partial charge in [-0.05, 0) is 61.5 Å². The lowest BCUT2D eigenvalue weighted by Crippen LogP contribution is -2.31. The Balaban J connectivity index is 1.64. The summed E-state index contributed by atoms with van der Waals surface area (Å²) in [6.45, 7) is 1.86. The minimum absolute atomic E-state index is 0.255. The van der Waals surface area contributed by atoms with Gasteiger partial charge < -0.3 is 25.0 Å². The van der Waals surface area contributed by atoms with Crippen molar-refractivity contribution >= 4 is 23.2 Å². The molecule has 2 heterocycles. The third-order valence-electron chi connectivity index (χ3n) is 6.50. The predicted octanol–water partition coefficient (Wildman–Crippen LogP) is 4.96. The van der Waals surface area contributed by atoms with E-state index in [1.54, 1.807) is 18.9 Å². The van der Waals surface area contributed by atoms with Crippen molar-refractivity contribution in [3.8, 4) is 22.9 Å². The number of aromatic nitrogens is 3. The van der Waals surface area contributed by atoms with Crippen LogP contribution in [0.4, 0.5) is 17.3 Å². The Labute approximate surface area is 221 Å². The number of carbonyl (C=O) groups excluding carboxylic acids is 1. The van der Waals surface area contributed by atoms with Crippen molar-refractivity contribution in [1.82, 2.24) is 14.8 Å². The number of hydrogen-bond acceptors (Lipinski definition) is 7. The number of fused-ring (bicyclic) bond motifs is 1. The van der Waals surface area contributed by atoms with E-state index in [4.69, 9.17) is 19.6 Å². The second-order valence-corrected chi connectivity index (χ2v) is 9.14. The minimum Gasteiger partial charge on any atom is -0.497 e. The van der Waals surface area contributed by atoms with Crippen molar-refractivity contribution < 1.29 is 14.3 Å². The molecule has 0 saturated carbocycles. The Morgan fingerprint density at radius 2 is 1.74 bits per heavy atom. The van der Waals surface area contributed by atoms with E-state index in [1.165, 1.54) is 0 Å². The molecule has 0 radical (unpaired) electrons. The lowest BCUT2D eigenvalue weighted by atomic mass is 9.94. The first kappa shape index (κ1) is 24.9. The van der Waals surface area contributed by atoms with Crippen LogP contribution in [0.1, 0.15) is 18.5 Å². The Kier molecular flexibility index (Phi) is 6.74. The van der Waals surface area contributed by atoms with Gasteiger partial charge in [0.2, 0.25) is 5.95 Å². The van der Waals surface area contributed by atoms with Crippen LogP contribution >= 0.6 is 0 Å². The highest BCUT2D eigenvalue weighted by molar-refractivity contribution is 6.06. The van der Waals surface area contributed by atoms with Crippen molar-refractivity contribution in [1.29, 1.82) is 0 Å². The standard InChI is InChI=1S/C29H30N6O3/c1-18-25(28(36)31-20-9-7-6-8-10-20)26(23-17-22(37-4)15-16-24(23)38-5)35-29(30-18)32-27(33-35)19-11-13-21(14-12-19)34(2)3/h6-17,26H,1-5H3,(H,31,36)(H,30,32,33). The third kappa shape index (κ3) is 4.66. The zero-order valence-corrected chi connectivity index (χ0v) is 22.0. The topological polar surface area (TPSA) is 93.5 Å². The van der Waals surface area contributed by atoms with E-state index in [0.717, 1.165) is 16.8 Å². The number of benzene rings is 3. The van der Waals surface area contributed by atoms with Crippen molar-refractivity contribution in [2.24, 2.45) is 0 Å². The van der Waals surface area contributed by atoms with Gasteiger partial charge in [-0.3, -0.25) is 4.79 Å². The normalized spacial score (nSPS) is 14.4. The minimum atomic E-state index is -0.623. The highest BCUT2D eigenvalue weighted by Crippen LogP contribution is 2.41. The second-order valence-electron chi connectivity index (χ2n) is 9.14. The summed E-state index contributed by atoms with van der Waals surface area (Å²) in [6.07, 6.45) is 0. The van der Waals surface area contributed by atoms with E-state index in [0.29, 0.717) is 40.2 Å². The molecular formula is C29H30N6O3. The van der Waals surface area contributed by atoms with Crippen LogP contribution < -0.4 is 25.0 Å². The van der Waals surface area contributed by atoms with Gasteiger partial charge in [0.1, 0.15) is 17.5 Å². The molecule has 0 fully saturated rings. The molecule has 0 spiro atoms. The fraction of sp³-hybridized carbons (Fsp3) is 0.207. The van der Waals surface area contributed by atoms with Crippen LogP contribution in [0.3, 0.4) is 0 Å². The fourth-order valence-electron chi connectivity index (χ4n) is 4.54. The Morgan fingerprint density at radius 3 is 2.39 bits per heavy atom. The van der Waals surface area contributed by atoms with Gasteiger partial charge in [-0.15, -0.1) is 5.10 Å². The number of nitrogens with zero attached hydrogens (tertiary/aromatic N) is 4. The van der Waals surface area contributed by atoms with Crippen molar-refractivity contribution in [3.63, 3.8) is 0 Å². The maximum absolute atomic E-state index is 13.8. The summed E-state index contributed by atoms with van der Waals surface area (Å²) >= 11 is 0. The van der Waals surface area contributed by atoms with Crippen LogP contribution in [0.2, 0.25) is 0 Å². The number of methoxy groups -OCH3 is 2. The van der Waals surface area contributed by atoms with Crippen LogP contribution in [0, 0.1) is 0 Å². The van der Waals surface area contributed by atoms with Crippen molar-refractivity contribution in [2.75, 3.05) is 43.8 Å². The number of nitrogens with one attached hydrogen (secondary N) is 2. The maximum atomic E-state index is 13.8. The highest BCUT2D eigenvalue weighted by Gasteiger charge is 2.36. The number of ether oxygens (including phenoxy) is 2. The van der Waals surface area contributed by atoms with Gasteiger partial charge in [-0.25, -0.2) is 4.68 Å². The van der Waals surface area contributed by atoms with Crippen LogP contribution in [0.15, 0.2) is 84.1 Å². The summed E-state index contributed by atoms with van der Waals surface area (Å²) in [5.41, 5.74) is 4.53. The van der Waals surface area contributed by atoms with E-state index in [-0.39, 0.29) is 5.91 Å². The Bertz CT molecular complexity index is 1490. The molecule has 3 aromatic carbocycles. The number of hydrogen-bond donors (Lipinski definition) is 2. The summed E-state index contributed by atoms with van der Waals surface area (Å²) in [6, 6.07) is 22.3. The van der Waals surface area contributed by atoms with Gasteiger partial charge in [-0.2, -0.15) is 4.98 Å². The van der Waals surface area contributed by atoms with Crippen LogP contribution in [-0.4, -0.2) is 49.0 Å². The molecule has 1 aliphatic rings. The van der Waals surface area contributed by atoms with E-state index in [2.05, 4.69) is 10.6 Å². The highest BCUT2D eigenvalue weighted by atomic mass is 16.5. The second kappa shape index (κ2) is 10.3. The number of carbonyl (C=O) groups is 1. The lowest BCUT2D eigenvalue weighted by molar-refractivity contribution is -0.113. The van der Waals surface area contributed by atoms with Gasteiger partial charge in [-0.1, -0.05) is 18.2 Å². The van der Waals surface area contributed by atoms with Crippen molar-refractivity contribution in [3.05, 3.63) is 89.6 Å². The summed E-state index contributed by atoms with van der Waals surface area (Å²) in [7, 11) is 7.20. The summed E-state index contributed by atoms with van der Waals surface area (Å²) < 4.78 is 13.0. The van der Waals surface area contributed by atoms with E-state index < -0.39 is 6.04 Å². The largest absolute Gasteiger partial charge is 0.497 e. The summed E-state index contributed by atoms with van der Waals surface area (Å²) in [4.78, 5) is 20.6. The van der Waals surface area contributed by atoms with E-state index in [1.807, 2.05) is 98.7 Å². The molecule has 9 nitrogen and oxygen atoms in total.